The number of rotatable bonds is 5. The molecular weight excluding hydrogens is 159 g/mol. The maximum Gasteiger partial charge on any atom is 0.329 e. The molecule has 0 saturated heterocycles. The van der Waals surface area contributed by atoms with E-state index in [1.54, 1.807) is 0 Å². The standard InChI is InChI=1S/C4H11O5P/c1-8-10(7)9-3-4(6)2-5/h4-7H,2-3H2,1H3. The highest BCUT2D eigenvalue weighted by Gasteiger charge is 2.07. The summed E-state index contributed by atoms with van der Waals surface area (Å²) in [5.41, 5.74) is 0. The highest BCUT2D eigenvalue weighted by Crippen LogP contribution is 2.30. The minimum atomic E-state index is -1.89. The van der Waals surface area contributed by atoms with Crippen LogP contribution in [0.3, 0.4) is 0 Å². The van der Waals surface area contributed by atoms with E-state index in [-0.39, 0.29) is 13.2 Å². The first-order valence-corrected chi connectivity index (χ1v) is 3.78. The SMILES string of the molecule is COP(O)OCC(O)CO. The van der Waals surface area contributed by atoms with Crippen LogP contribution in [0, 0.1) is 0 Å². The fourth-order valence-corrected chi connectivity index (χ4v) is 0.660. The number of hydrogen-bond donors (Lipinski definition) is 3. The largest absolute Gasteiger partial charge is 0.394 e. The van der Waals surface area contributed by atoms with Gasteiger partial charge in [0.25, 0.3) is 0 Å². The average molecular weight is 170 g/mol. The van der Waals surface area contributed by atoms with Gasteiger partial charge in [0.05, 0.1) is 13.2 Å². The van der Waals surface area contributed by atoms with Crippen molar-refractivity contribution in [2.45, 2.75) is 6.10 Å². The lowest BCUT2D eigenvalue weighted by Gasteiger charge is -2.09. The van der Waals surface area contributed by atoms with Crippen molar-refractivity contribution in [3.8, 4) is 0 Å². The van der Waals surface area contributed by atoms with Gasteiger partial charge >= 0.3 is 8.60 Å². The molecule has 0 rings (SSSR count). The molecule has 0 aromatic carbocycles. The normalized spacial score (nSPS) is 16.8. The number of hydrogen-bond acceptors (Lipinski definition) is 5. The number of aliphatic hydroxyl groups excluding tert-OH is 2. The second-order valence-corrected chi connectivity index (χ2v) is 2.65. The molecule has 62 valence electrons. The van der Waals surface area contributed by atoms with Gasteiger partial charge in [-0.3, -0.25) is 0 Å². The fraction of sp³-hybridized carbons (Fsp3) is 1.00. The van der Waals surface area contributed by atoms with Crippen LogP contribution in [0.5, 0.6) is 0 Å². The molecule has 2 unspecified atom stereocenters. The minimum Gasteiger partial charge on any atom is -0.394 e. The molecule has 0 bridgehead atoms. The maximum atomic E-state index is 8.67. The van der Waals surface area contributed by atoms with Gasteiger partial charge in [0, 0.05) is 7.11 Å². The molecule has 0 aliphatic heterocycles. The minimum absolute atomic E-state index is 0.119. The van der Waals surface area contributed by atoms with Gasteiger partial charge in [0.15, 0.2) is 0 Å². The third-order valence-corrected chi connectivity index (χ3v) is 1.43. The van der Waals surface area contributed by atoms with Crippen molar-refractivity contribution in [3.63, 3.8) is 0 Å². The zero-order valence-corrected chi connectivity index (χ0v) is 6.49. The Kier molecular flexibility index (Phi) is 6.11. The van der Waals surface area contributed by atoms with E-state index in [1.165, 1.54) is 7.11 Å². The zero-order chi connectivity index (χ0) is 7.98. The molecule has 0 aliphatic rings. The maximum absolute atomic E-state index is 8.67. The Morgan fingerprint density at radius 1 is 1.60 bits per heavy atom. The van der Waals surface area contributed by atoms with Crippen LogP contribution in [0.15, 0.2) is 0 Å². The Bertz CT molecular complexity index is 70.0. The van der Waals surface area contributed by atoms with E-state index in [0.717, 1.165) is 0 Å². The first kappa shape index (κ1) is 10.2. The van der Waals surface area contributed by atoms with Crippen LogP contribution in [-0.4, -0.2) is 41.5 Å². The van der Waals surface area contributed by atoms with Crippen molar-refractivity contribution >= 4 is 8.60 Å². The zero-order valence-electron chi connectivity index (χ0n) is 5.60. The molecule has 2 atom stereocenters. The second-order valence-electron chi connectivity index (χ2n) is 1.55. The molecule has 0 spiro atoms. The molecule has 3 N–H and O–H groups in total. The van der Waals surface area contributed by atoms with Crippen LogP contribution in [0.2, 0.25) is 0 Å². The van der Waals surface area contributed by atoms with Crippen LogP contribution in [0.1, 0.15) is 0 Å². The third-order valence-electron chi connectivity index (χ3n) is 0.744. The van der Waals surface area contributed by atoms with Gasteiger partial charge < -0.3 is 24.2 Å². The molecule has 10 heavy (non-hydrogen) atoms. The Morgan fingerprint density at radius 2 is 2.20 bits per heavy atom. The summed E-state index contributed by atoms with van der Waals surface area (Å²) in [4.78, 5) is 8.63. The summed E-state index contributed by atoms with van der Waals surface area (Å²) in [5, 5.41) is 16.9. The summed E-state index contributed by atoms with van der Waals surface area (Å²) in [6, 6.07) is 0. The van der Waals surface area contributed by atoms with Gasteiger partial charge in [-0.1, -0.05) is 0 Å². The Balaban J connectivity index is 3.17. The molecule has 0 heterocycles. The Hall–Kier alpha value is 0.230. The lowest BCUT2D eigenvalue weighted by molar-refractivity contribution is 0.0476. The molecule has 0 aromatic rings. The summed E-state index contributed by atoms with van der Waals surface area (Å²) >= 11 is 0. The van der Waals surface area contributed by atoms with Crippen LogP contribution in [0.25, 0.3) is 0 Å². The van der Waals surface area contributed by atoms with E-state index in [4.69, 9.17) is 15.1 Å². The first-order chi connectivity index (χ1) is 4.70. The lowest BCUT2D eigenvalue weighted by Crippen LogP contribution is -2.17. The highest BCUT2D eigenvalue weighted by atomic mass is 31.2. The van der Waals surface area contributed by atoms with E-state index in [2.05, 4.69) is 9.05 Å². The van der Waals surface area contributed by atoms with Crippen molar-refractivity contribution in [3.05, 3.63) is 0 Å². The van der Waals surface area contributed by atoms with Gasteiger partial charge in [0.1, 0.15) is 6.10 Å². The van der Waals surface area contributed by atoms with E-state index < -0.39 is 14.7 Å². The fourth-order valence-electron chi connectivity index (χ4n) is 0.255. The quantitative estimate of drug-likeness (QED) is 0.472. The van der Waals surface area contributed by atoms with Crippen molar-refractivity contribution < 1.29 is 24.2 Å². The Labute approximate surface area is 60.2 Å². The predicted octanol–water partition coefficient (Wildman–Crippen LogP) is -0.778. The van der Waals surface area contributed by atoms with E-state index >= 15 is 0 Å². The van der Waals surface area contributed by atoms with Crippen LogP contribution in [-0.2, 0) is 9.05 Å². The molecule has 5 nitrogen and oxygen atoms in total. The van der Waals surface area contributed by atoms with Crippen LogP contribution in [0.4, 0.5) is 0 Å². The smallest absolute Gasteiger partial charge is 0.329 e. The molecule has 0 fully saturated rings. The molecule has 0 aliphatic carbocycles. The first-order valence-electron chi connectivity index (χ1n) is 2.65. The summed E-state index contributed by atoms with van der Waals surface area (Å²) in [7, 11) is -0.599. The summed E-state index contributed by atoms with van der Waals surface area (Å²) in [6.45, 7) is -0.501. The van der Waals surface area contributed by atoms with E-state index in [1.807, 2.05) is 0 Å². The molecule has 0 saturated carbocycles. The molecule has 6 heteroatoms. The van der Waals surface area contributed by atoms with Gasteiger partial charge in [-0.25, -0.2) is 0 Å². The lowest BCUT2D eigenvalue weighted by atomic mass is 10.4. The van der Waals surface area contributed by atoms with E-state index in [9.17, 15) is 0 Å². The molecule has 0 aromatic heterocycles. The second kappa shape index (κ2) is 5.97. The van der Waals surface area contributed by atoms with Gasteiger partial charge in [-0.15, -0.1) is 0 Å². The Morgan fingerprint density at radius 3 is 2.60 bits per heavy atom. The number of aliphatic hydroxyl groups is 2. The monoisotopic (exact) mass is 170 g/mol. The van der Waals surface area contributed by atoms with Gasteiger partial charge in [-0.2, -0.15) is 0 Å². The van der Waals surface area contributed by atoms with Crippen molar-refractivity contribution in [2.24, 2.45) is 0 Å². The van der Waals surface area contributed by atoms with Gasteiger partial charge in [-0.05, 0) is 0 Å². The highest BCUT2D eigenvalue weighted by molar-refractivity contribution is 7.40. The summed E-state index contributed by atoms with van der Waals surface area (Å²) < 4.78 is 8.88. The average Bonchev–Trinajstić information content (AvgIpc) is 1.99. The van der Waals surface area contributed by atoms with Crippen molar-refractivity contribution in [1.82, 2.24) is 0 Å². The van der Waals surface area contributed by atoms with Crippen LogP contribution < -0.4 is 0 Å². The predicted molar refractivity (Wildman–Crippen MR) is 35.2 cm³/mol. The van der Waals surface area contributed by atoms with Gasteiger partial charge in [0.2, 0.25) is 0 Å². The third kappa shape index (κ3) is 5.05. The molecular formula is C4H11O5P. The van der Waals surface area contributed by atoms with Crippen molar-refractivity contribution in [1.29, 1.82) is 0 Å². The van der Waals surface area contributed by atoms with Crippen molar-refractivity contribution in [2.75, 3.05) is 20.3 Å². The topological polar surface area (TPSA) is 79.2 Å². The molecule has 0 amide bonds. The summed E-state index contributed by atoms with van der Waals surface area (Å²) in [5.74, 6) is 0. The molecule has 0 radical (unpaired) electrons. The summed E-state index contributed by atoms with van der Waals surface area (Å²) in [6.07, 6.45) is -0.952. The van der Waals surface area contributed by atoms with E-state index in [0.29, 0.717) is 0 Å². The van der Waals surface area contributed by atoms with Crippen LogP contribution >= 0.6 is 8.60 Å².